The summed E-state index contributed by atoms with van der Waals surface area (Å²) in [7, 11) is 0. The molecule has 23 heavy (non-hydrogen) atoms. The quantitative estimate of drug-likeness (QED) is 0.520. The predicted molar refractivity (Wildman–Crippen MR) is 75.1 cm³/mol. The molecule has 0 saturated carbocycles. The number of amides is 1. The summed E-state index contributed by atoms with van der Waals surface area (Å²) in [6.45, 7) is 4.77. The third-order valence-electron chi connectivity index (χ3n) is 3.02. The maximum Gasteiger partial charge on any atom is 0.303 e. The number of hydrogen-bond donors (Lipinski definition) is 1. The van der Waals surface area contributed by atoms with Gasteiger partial charge in [-0.05, 0) is 0 Å². The molecular weight excluding hydrogens is 310 g/mol. The second kappa shape index (κ2) is 8.47. The molecule has 9 nitrogen and oxygen atoms in total. The molecule has 0 aliphatic carbocycles. The molecule has 1 heterocycles. The van der Waals surface area contributed by atoms with E-state index in [4.69, 9.17) is 18.9 Å². The smallest absolute Gasteiger partial charge is 0.303 e. The van der Waals surface area contributed by atoms with Gasteiger partial charge in [0.2, 0.25) is 5.91 Å². The molecule has 0 aromatic carbocycles. The topological polar surface area (TPSA) is 117 Å². The molecule has 3 unspecified atom stereocenters. The van der Waals surface area contributed by atoms with E-state index in [9.17, 15) is 19.2 Å². The molecule has 1 amide bonds. The summed E-state index contributed by atoms with van der Waals surface area (Å²) in [6, 6.07) is -0.686. The van der Waals surface area contributed by atoms with Crippen molar-refractivity contribution in [3.63, 3.8) is 0 Å². The Kier molecular flexibility index (Phi) is 6.95. The van der Waals surface area contributed by atoms with Gasteiger partial charge in [-0.25, -0.2) is 0 Å². The van der Waals surface area contributed by atoms with Crippen molar-refractivity contribution in [2.75, 3.05) is 13.2 Å². The van der Waals surface area contributed by atoms with Gasteiger partial charge in [-0.1, -0.05) is 0 Å². The molecule has 4 atom stereocenters. The van der Waals surface area contributed by atoms with Crippen LogP contribution in [0.25, 0.3) is 0 Å². The van der Waals surface area contributed by atoms with E-state index < -0.39 is 42.3 Å². The summed E-state index contributed by atoms with van der Waals surface area (Å²) in [5.41, 5.74) is 0. The minimum atomic E-state index is -1.01. The van der Waals surface area contributed by atoms with E-state index in [1.807, 2.05) is 0 Å². The highest BCUT2D eigenvalue weighted by Crippen LogP contribution is 2.23. The number of carbonyl (C=O) groups is 4. The van der Waals surface area contributed by atoms with Crippen molar-refractivity contribution < 1.29 is 38.1 Å². The molecule has 0 spiro atoms. The Hall–Kier alpha value is -2.16. The second-order valence-corrected chi connectivity index (χ2v) is 5.13. The zero-order valence-electron chi connectivity index (χ0n) is 13.5. The second-order valence-electron chi connectivity index (χ2n) is 5.13. The molecule has 1 rings (SSSR count). The summed E-state index contributed by atoms with van der Waals surface area (Å²) in [4.78, 5) is 44.9. The lowest BCUT2D eigenvalue weighted by molar-refractivity contribution is -0.207. The largest absolute Gasteiger partial charge is 0.463 e. The van der Waals surface area contributed by atoms with Gasteiger partial charge >= 0.3 is 17.9 Å². The summed E-state index contributed by atoms with van der Waals surface area (Å²) in [5, 5.41) is 2.59. The van der Waals surface area contributed by atoms with Crippen LogP contribution in [-0.4, -0.2) is 61.4 Å². The Bertz CT molecular complexity index is 477. The van der Waals surface area contributed by atoms with E-state index in [0.29, 0.717) is 0 Å². The highest BCUT2D eigenvalue weighted by Gasteiger charge is 2.45. The molecule has 1 fully saturated rings. The van der Waals surface area contributed by atoms with Crippen molar-refractivity contribution in [3.8, 4) is 0 Å². The molecule has 0 aromatic heterocycles. The first-order valence-electron chi connectivity index (χ1n) is 7.07. The minimum absolute atomic E-state index is 0.0151. The standard InChI is InChI=1S/C14H21NO8/c1-7(16)15-11-5-21-12(6-20-8(2)17)14(23-10(4)19)13(11)22-9(3)18/h11-14H,5-6H2,1-4H3,(H,15,16)/t11?,12?,13?,14-/m1/s1. The van der Waals surface area contributed by atoms with Crippen LogP contribution >= 0.6 is 0 Å². The van der Waals surface area contributed by atoms with Gasteiger partial charge in [-0.2, -0.15) is 0 Å². The lowest BCUT2D eigenvalue weighted by Gasteiger charge is -2.41. The third kappa shape index (κ3) is 6.23. The molecule has 1 aliphatic rings. The van der Waals surface area contributed by atoms with E-state index in [-0.39, 0.29) is 19.1 Å². The van der Waals surface area contributed by atoms with E-state index in [2.05, 4.69) is 5.32 Å². The van der Waals surface area contributed by atoms with Crippen LogP contribution in [0.15, 0.2) is 0 Å². The first-order valence-corrected chi connectivity index (χ1v) is 7.07. The van der Waals surface area contributed by atoms with Gasteiger partial charge in [0.1, 0.15) is 12.7 Å². The monoisotopic (exact) mass is 331 g/mol. The highest BCUT2D eigenvalue weighted by atomic mass is 16.6. The molecule has 0 bridgehead atoms. The van der Waals surface area contributed by atoms with Gasteiger partial charge in [-0.15, -0.1) is 0 Å². The number of rotatable bonds is 5. The molecule has 1 aliphatic heterocycles. The van der Waals surface area contributed by atoms with Gasteiger partial charge in [0.25, 0.3) is 0 Å². The summed E-state index contributed by atoms with van der Waals surface area (Å²) < 4.78 is 20.8. The first-order chi connectivity index (χ1) is 10.7. The number of carbonyl (C=O) groups excluding carboxylic acids is 4. The Morgan fingerprint density at radius 2 is 1.52 bits per heavy atom. The molecule has 9 heteroatoms. The lowest BCUT2D eigenvalue weighted by atomic mass is 9.97. The zero-order chi connectivity index (χ0) is 17.6. The summed E-state index contributed by atoms with van der Waals surface area (Å²) in [5.74, 6) is -2.10. The fraction of sp³-hybridized carbons (Fsp3) is 0.714. The predicted octanol–water partition coefficient (Wildman–Crippen LogP) is -0.684. The lowest BCUT2D eigenvalue weighted by Crippen LogP contribution is -2.62. The SMILES string of the molecule is CC(=O)NC1COC(COC(C)=O)[C@@H](OC(C)=O)C1OC(C)=O. The molecule has 1 saturated heterocycles. The Morgan fingerprint density at radius 3 is 2.00 bits per heavy atom. The molecule has 0 aromatic rings. The van der Waals surface area contributed by atoms with Crippen molar-refractivity contribution in [3.05, 3.63) is 0 Å². The number of ether oxygens (including phenoxy) is 4. The van der Waals surface area contributed by atoms with E-state index in [1.54, 1.807) is 0 Å². The van der Waals surface area contributed by atoms with E-state index >= 15 is 0 Å². The van der Waals surface area contributed by atoms with Crippen LogP contribution < -0.4 is 5.32 Å². The van der Waals surface area contributed by atoms with Crippen LogP contribution in [-0.2, 0) is 38.1 Å². The minimum Gasteiger partial charge on any atom is -0.463 e. The van der Waals surface area contributed by atoms with Crippen molar-refractivity contribution >= 4 is 23.8 Å². The maximum atomic E-state index is 11.3. The Labute approximate surface area is 133 Å². The third-order valence-corrected chi connectivity index (χ3v) is 3.02. The van der Waals surface area contributed by atoms with E-state index in [0.717, 1.165) is 0 Å². The zero-order valence-corrected chi connectivity index (χ0v) is 13.5. The van der Waals surface area contributed by atoms with Crippen LogP contribution in [0.1, 0.15) is 27.7 Å². The van der Waals surface area contributed by atoms with Crippen LogP contribution in [0.5, 0.6) is 0 Å². The molecule has 0 radical (unpaired) electrons. The van der Waals surface area contributed by atoms with Crippen LogP contribution in [0.3, 0.4) is 0 Å². The average Bonchev–Trinajstić information content (AvgIpc) is 2.39. The number of nitrogens with one attached hydrogen (secondary N) is 1. The van der Waals surface area contributed by atoms with Gasteiger partial charge in [0, 0.05) is 27.7 Å². The number of hydrogen-bond acceptors (Lipinski definition) is 8. The molecule has 1 N–H and O–H groups in total. The maximum absolute atomic E-state index is 11.3. The van der Waals surface area contributed by atoms with Crippen LogP contribution in [0, 0.1) is 0 Å². The average molecular weight is 331 g/mol. The normalized spacial score (nSPS) is 26.8. The fourth-order valence-corrected chi connectivity index (χ4v) is 2.26. The molecular formula is C14H21NO8. The first kappa shape index (κ1) is 18.9. The van der Waals surface area contributed by atoms with Crippen molar-refractivity contribution in [2.24, 2.45) is 0 Å². The van der Waals surface area contributed by atoms with E-state index in [1.165, 1.54) is 27.7 Å². The van der Waals surface area contributed by atoms with Crippen molar-refractivity contribution in [2.45, 2.75) is 52.0 Å². The highest BCUT2D eigenvalue weighted by molar-refractivity contribution is 5.73. The number of esters is 3. The van der Waals surface area contributed by atoms with Crippen LogP contribution in [0.2, 0.25) is 0 Å². The van der Waals surface area contributed by atoms with Gasteiger partial charge in [-0.3, -0.25) is 19.2 Å². The summed E-state index contributed by atoms with van der Waals surface area (Å²) in [6.07, 6.45) is -2.77. The summed E-state index contributed by atoms with van der Waals surface area (Å²) >= 11 is 0. The fourth-order valence-electron chi connectivity index (χ4n) is 2.26. The van der Waals surface area contributed by atoms with Crippen LogP contribution in [0.4, 0.5) is 0 Å². The molecule has 130 valence electrons. The van der Waals surface area contributed by atoms with Gasteiger partial charge in [0.05, 0.1) is 12.6 Å². The Morgan fingerprint density at radius 1 is 0.957 bits per heavy atom. The van der Waals surface area contributed by atoms with Crippen molar-refractivity contribution in [1.82, 2.24) is 5.32 Å². The Balaban J connectivity index is 2.98. The van der Waals surface area contributed by atoms with Gasteiger partial charge in [0.15, 0.2) is 12.2 Å². The van der Waals surface area contributed by atoms with Crippen molar-refractivity contribution in [1.29, 1.82) is 0 Å². The van der Waals surface area contributed by atoms with Gasteiger partial charge < -0.3 is 24.3 Å².